The maximum absolute atomic E-state index is 3.72. The Balaban J connectivity index is 1.96. The minimum absolute atomic E-state index is 0.749. The van der Waals surface area contributed by atoms with Crippen LogP contribution in [0.15, 0.2) is 28.7 Å². The lowest BCUT2D eigenvalue weighted by atomic mass is 9.85. The standard InChI is InChI=1S/C17H26BrN/c1-3-6-13(2)15(12-19-16-9-10-16)11-14-7-4-5-8-17(14)18/h4-5,7-8,13,15-16,19H,3,6,9-12H2,1-2H3. The van der Waals surface area contributed by atoms with Gasteiger partial charge in [0.25, 0.3) is 0 Å². The van der Waals surface area contributed by atoms with Crippen molar-refractivity contribution in [3.63, 3.8) is 0 Å². The summed E-state index contributed by atoms with van der Waals surface area (Å²) in [5, 5.41) is 3.72. The molecule has 1 saturated carbocycles. The molecule has 0 heterocycles. The zero-order valence-electron chi connectivity index (χ0n) is 12.2. The third-order valence-electron chi connectivity index (χ3n) is 4.23. The van der Waals surface area contributed by atoms with Gasteiger partial charge in [-0.25, -0.2) is 0 Å². The summed E-state index contributed by atoms with van der Waals surface area (Å²) in [5.74, 6) is 1.54. The maximum atomic E-state index is 3.72. The topological polar surface area (TPSA) is 12.0 Å². The highest BCUT2D eigenvalue weighted by Gasteiger charge is 2.24. The molecule has 106 valence electrons. The third-order valence-corrected chi connectivity index (χ3v) is 5.01. The molecule has 1 aromatic rings. The van der Waals surface area contributed by atoms with Crippen LogP contribution in [0.25, 0.3) is 0 Å². The van der Waals surface area contributed by atoms with Crippen LogP contribution in [0.5, 0.6) is 0 Å². The molecule has 2 unspecified atom stereocenters. The molecule has 1 fully saturated rings. The number of halogens is 1. The van der Waals surface area contributed by atoms with Gasteiger partial charge in [-0.05, 0) is 49.3 Å². The molecule has 1 aliphatic carbocycles. The Bertz CT molecular complexity index is 387. The van der Waals surface area contributed by atoms with Gasteiger partial charge in [0.2, 0.25) is 0 Å². The van der Waals surface area contributed by atoms with E-state index in [1.54, 1.807) is 0 Å². The van der Waals surface area contributed by atoms with Gasteiger partial charge in [-0.15, -0.1) is 0 Å². The Kier molecular flexibility index (Phi) is 5.90. The van der Waals surface area contributed by atoms with E-state index >= 15 is 0 Å². The number of benzene rings is 1. The third kappa shape index (κ3) is 4.92. The molecule has 19 heavy (non-hydrogen) atoms. The van der Waals surface area contributed by atoms with Crippen LogP contribution in [-0.4, -0.2) is 12.6 Å². The number of hydrogen-bond donors (Lipinski definition) is 1. The first kappa shape index (κ1) is 15.1. The van der Waals surface area contributed by atoms with Crippen molar-refractivity contribution in [2.75, 3.05) is 6.54 Å². The predicted octanol–water partition coefficient (Wildman–Crippen LogP) is 4.80. The molecule has 0 amide bonds. The average Bonchev–Trinajstić information content (AvgIpc) is 3.21. The summed E-state index contributed by atoms with van der Waals surface area (Å²) in [5.41, 5.74) is 1.45. The van der Waals surface area contributed by atoms with Crippen LogP contribution >= 0.6 is 15.9 Å². The van der Waals surface area contributed by atoms with E-state index in [1.165, 1.54) is 48.7 Å². The fourth-order valence-corrected chi connectivity index (χ4v) is 3.16. The average molecular weight is 324 g/mol. The lowest BCUT2D eigenvalue weighted by Gasteiger charge is -2.25. The maximum Gasteiger partial charge on any atom is 0.0207 e. The number of rotatable bonds is 8. The van der Waals surface area contributed by atoms with E-state index in [4.69, 9.17) is 0 Å². The molecule has 0 radical (unpaired) electrons. The fraction of sp³-hybridized carbons (Fsp3) is 0.647. The van der Waals surface area contributed by atoms with E-state index in [0.717, 1.165) is 17.9 Å². The molecule has 1 aromatic carbocycles. The minimum Gasteiger partial charge on any atom is -0.314 e. The molecule has 2 rings (SSSR count). The first-order chi connectivity index (χ1) is 9.20. The predicted molar refractivity (Wildman–Crippen MR) is 86.4 cm³/mol. The summed E-state index contributed by atoms with van der Waals surface area (Å²) in [4.78, 5) is 0. The van der Waals surface area contributed by atoms with E-state index in [1.807, 2.05) is 0 Å². The summed E-state index contributed by atoms with van der Waals surface area (Å²) < 4.78 is 1.26. The largest absolute Gasteiger partial charge is 0.314 e. The Morgan fingerprint density at radius 3 is 2.68 bits per heavy atom. The van der Waals surface area contributed by atoms with Gasteiger partial charge in [-0.2, -0.15) is 0 Å². The molecule has 2 heteroatoms. The normalized spacial score (nSPS) is 18.3. The van der Waals surface area contributed by atoms with Gasteiger partial charge in [-0.1, -0.05) is 60.8 Å². The molecule has 0 spiro atoms. The minimum atomic E-state index is 0.749. The molecule has 1 nitrogen and oxygen atoms in total. The van der Waals surface area contributed by atoms with Crippen LogP contribution in [-0.2, 0) is 6.42 Å². The highest BCUT2D eigenvalue weighted by Crippen LogP contribution is 2.27. The lowest BCUT2D eigenvalue weighted by molar-refractivity contribution is 0.317. The van der Waals surface area contributed by atoms with E-state index in [-0.39, 0.29) is 0 Å². The van der Waals surface area contributed by atoms with E-state index < -0.39 is 0 Å². The van der Waals surface area contributed by atoms with Crippen molar-refractivity contribution in [2.45, 2.75) is 52.0 Å². The van der Waals surface area contributed by atoms with Gasteiger partial charge in [0.15, 0.2) is 0 Å². The molecule has 2 atom stereocenters. The SMILES string of the molecule is CCCC(C)C(CNC1CC1)Cc1ccccc1Br. The van der Waals surface area contributed by atoms with Crippen LogP contribution in [0.2, 0.25) is 0 Å². The van der Waals surface area contributed by atoms with Crippen molar-refractivity contribution in [3.05, 3.63) is 34.3 Å². The molecule has 0 aliphatic heterocycles. The van der Waals surface area contributed by atoms with Crippen molar-refractivity contribution in [2.24, 2.45) is 11.8 Å². The van der Waals surface area contributed by atoms with Crippen molar-refractivity contribution < 1.29 is 0 Å². The van der Waals surface area contributed by atoms with Crippen molar-refractivity contribution in [1.29, 1.82) is 0 Å². The van der Waals surface area contributed by atoms with Crippen LogP contribution in [0.3, 0.4) is 0 Å². The quantitative estimate of drug-likeness (QED) is 0.724. The molecule has 0 saturated heterocycles. The highest BCUT2D eigenvalue weighted by molar-refractivity contribution is 9.10. The number of hydrogen-bond acceptors (Lipinski definition) is 1. The lowest BCUT2D eigenvalue weighted by Crippen LogP contribution is -2.30. The van der Waals surface area contributed by atoms with Gasteiger partial charge in [-0.3, -0.25) is 0 Å². The second-order valence-corrected chi connectivity index (χ2v) is 6.86. The first-order valence-corrected chi connectivity index (χ1v) is 8.46. The molecule has 1 N–H and O–H groups in total. The summed E-state index contributed by atoms with van der Waals surface area (Å²) >= 11 is 3.68. The zero-order chi connectivity index (χ0) is 13.7. The Morgan fingerprint density at radius 1 is 1.32 bits per heavy atom. The molecular weight excluding hydrogens is 298 g/mol. The van der Waals surface area contributed by atoms with Gasteiger partial charge < -0.3 is 5.32 Å². The van der Waals surface area contributed by atoms with Gasteiger partial charge >= 0.3 is 0 Å². The van der Waals surface area contributed by atoms with Crippen molar-refractivity contribution in [1.82, 2.24) is 5.32 Å². The van der Waals surface area contributed by atoms with Gasteiger partial charge in [0, 0.05) is 10.5 Å². The Hall–Kier alpha value is -0.340. The first-order valence-electron chi connectivity index (χ1n) is 7.67. The summed E-state index contributed by atoms with van der Waals surface area (Å²) in [6.45, 7) is 5.88. The second kappa shape index (κ2) is 7.44. The van der Waals surface area contributed by atoms with Crippen molar-refractivity contribution >= 4 is 15.9 Å². The Morgan fingerprint density at radius 2 is 2.05 bits per heavy atom. The van der Waals surface area contributed by atoms with Gasteiger partial charge in [0.1, 0.15) is 0 Å². The molecular formula is C17H26BrN. The second-order valence-electron chi connectivity index (χ2n) is 6.00. The Labute approximate surface area is 126 Å². The van der Waals surface area contributed by atoms with Crippen molar-refractivity contribution in [3.8, 4) is 0 Å². The monoisotopic (exact) mass is 323 g/mol. The molecule has 1 aliphatic rings. The summed E-state index contributed by atoms with van der Waals surface area (Å²) in [7, 11) is 0. The van der Waals surface area contributed by atoms with Crippen LogP contribution in [0, 0.1) is 11.8 Å². The summed E-state index contributed by atoms with van der Waals surface area (Å²) in [6.07, 6.45) is 6.56. The highest BCUT2D eigenvalue weighted by atomic mass is 79.9. The van der Waals surface area contributed by atoms with E-state index in [2.05, 4.69) is 59.4 Å². The molecule has 0 bridgehead atoms. The summed E-state index contributed by atoms with van der Waals surface area (Å²) in [6, 6.07) is 9.48. The smallest absolute Gasteiger partial charge is 0.0207 e. The van der Waals surface area contributed by atoms with Gasteiger partial charge in [0.05, 0.1) is 0 Å². The fourth-order valence-electron chi connectivity index (χ4n) is 2.72. The molecule has 0 aromatic heterocycles. The van der Waals surface area contributed by atoms with Crippen LogP contribution in [0.4, 0.5) is 0 Å². The van der Waals surface area contributed by atoms with E-state index in [0.29, 0.717) is 0 Å². The van der Waals surface area contributed by atoms with Crippen LogP contribution in [0.1, 0.15) is 45.1 Å². The number of nitrogens with one attached hydrogen (secondary N) is 1. The van der Waals surface area contributed by atoms with Crippen LogP contribution < -0.4 is 5.32 Å². The van der Waals surface area contributed by atoms with E-state index in [9.17, 15) is 0 Å². The zero-order valence-corrected chi connectivity index (χ0v) is 13.7.